The van der Waals surface area contributed by atoms with Gasteiger partial charge in [-0.1, -0.05) is 83.2 Å². The molecule has 1 aliphatic rings. The maximum absolute atomic E-state index is 7.04. The Balaban J connectivity index is 1.74. The zero-order valence-corrected chi connectivity index (χ0v) is 30.1. The first-order valence-corrected chi connectivity index (χ1v) is 18.7. The molecule has 0 radical (unpaired) electrons. The molecule has 5 atom stereocenters. The Kier molecular flexibility index (Phi) is 16.1. The standard InChI is InChI=1S/C38H55ClO6S/c1-6-10-18-41-26-33-36(42-19-11-7-2)38(44-21-13-9-4)37(43-20-12-8-3)35(45-33)30-24-28(31(39)25-32(30)40-5)23-29-22-27-16-14-15-17-34(27)46-29/h14-17,22,24-25,33,35-38H,6-13,18-21,23,26H2,1-5H3/t33-,35+,36-,37+,38+/m1/s1. The van der Waals surface area contributed by atoms with E-state index in [9.17, 15) is 0 Å². The van der Waals surface area contributed by atoms with Gasteiger partial charge < -0.3 is 28.4 Å². The lowest BCUT2D eigenvalue weighted by molar-refractivity contribution is -0.268. The van der Waals surface area contributed by atoms with Gasteiger partial charge in [0.2, 0.25) is 0 Å². The molecule has 0 unspecified atom stereocenters. The van der Waals surface area contributed by atoms with E-state index >= 15 is 0 Å². The van der Waals surface area contributed by atoms with Gasteiger partial charge in [0, 0.05) is 53.0 Å². The van der Waals surface area contributed by atoms with Crippen LogP contribution in [0.25, 0.3) is 10.1 Å². The molecule has 46 heavy (non-hydrogen) atoms. The van der Waals surface area contributed by atoms with Crippen molar-refractivity contribution in [2.75, 3.05) is 40.1 Å². The minimum atomic E-state index is -0.456. The number of hydrogen-bond donors (Lipinski definition) is 0. The molecule has 2 heterocycles. The van der Waals surface area contributed by atoms with E-state index < -0.39 is 12.2 Å². The van der Waals surface area contributed by atoms with E-state index in [1.54, 1.807) is 18.4 Å². The highest BCUT2D eigenvalue weighted by molar-refractivity contribution is 7.19. The highest BCUT2D eigenvalue weighted by atomic mass is 35.5. The number of halogens is 1. The quantitative estimate of drug-likeness (QED) is 0.105. The lowest BCUT2D eigenvalue weighted by Gasteiger charge is -2.46. The molecule has 6 nitrogen and oxygen atoms in total. The molecule has 2 aromatic carbocycles. The lowest BCUT2D eigenvalue weighted by atomic mass is 9.89. The van der Waals surface area contributed by atoms with Gasteiger partial charge >= 0.3 is 0 Å². The molecular weight excluding hydrogens is 620 g/mol. The van der Waals surface area contributed by atoms with Gasteiger partial charge in [-0.3, -0.25) is 0 Å². The van der Waals surface area contributed by atoms with E-state index in [4.69, 9.17) is 40.0 Å². The van der Waals surface area contributed by atoms with E-state index in [0.29, 0.717) is 50.2 Å². The summed E-state index contributed by atoms with van der Waals surface area (Å²) in [5, 5.41) is 1.92. The second-order valence-electron chi connectivity index (χ2n) is 12.2. The van der Waals surface area contributed by atoms with Crippen molar-refractivity contribution in [2.24, 2.45) is 0 Å². The summed E-state index contributed by atoms with van der Waals surface area (Å²) >= 11 is 8.73. The van der Waals surface area contributed by atoms with Crippen LogP contribution in [0, 0.1) is 0 Å². The first-order valence-electron chi connectivity index (χ1n) is 17.5. The Morgan fingerprint density at radius 2 is 1.39 bits per heavy atom. The van der Waals surface area contributed by atoms with Gasteiger partial charge in [-0.25, -0.2) is 0 Å². The Morgan fingerprint density at radius 3 is 2.04 bits per heavy atom. The smallest absolute Gasteiger partial charge is 0.126 e. The van der Waals surface area contributed by atoms with Crippen molar-refractivity contribution in [3.8, 4) is 5.75 Å². The molecule has 1 aromatic heterocycles. The van der Waals surface area contributed by atoms with Gasteiger partial charge in [0.1, 0.15) is 36.3 Å². The first kappa shape index (κ1) is 37.1. The van der Waals surface area contributed by atoms with Gasteiger partial charge in [-0.15, -0.1) is 11.3 Å². The molecular formula is C38H55ClO6S. The molecule has 0 spiro atoms. The van der Waals surface area contributed by atoms with Crippen molar-refractivity contribution in [1.29, 1.82) is 0 Å². The van der Waals surface area contributed by atoms with Crippen LogP contribution in [0.5, 0.6) is 5.75 Å². The molecule has 256 valence electrons. The largest absolute Gasteiger partial charge is 0.496 e. The van der Waals surface area contributed by atoms with E-state index in [1.807, 2.05) is 6.07 Å². The fraction of sp³-hybridized carbons (Fsp3) is 0.632. The Hall–Kier alpha value is -1.71. The van der Waals surface area contributed by atoms with Crippen LogP contribution in [0.15, 0.2) is 42.5 Å². The summed E-state index contributed by atoms with van der Waals surface area (Å²) in [6, 6.07) is 14.8. The Bertz CT molecular complexity index is 1260. The molecule has 1 saturated heterocycles. The van der Waals surface area contributed by atoms with Crippen LogP contribution < -0.4 is 4.74 Å². The minimum Gasteiger partial charge on any atom is -0.496 e. The molecule has 4 rings (SSSR count). The van der Waals surface area contributed by atoms with Crippen LogP contribution in [0.3, 0.4) is 0 Å². The highest BCUT2D eigenvalue weighted by Crippen LogP contribution is 2.43. The topological polar surface area (TPSA) is 55.4 Å². The zero-order valence-electron chi connectivity index (χ0n) is 28.6. The van der Waals surface area contributed by atoms with Crippen LogP contribution in [-0.2, 0) is 30.1 Å². The number of hydrogen-bond acceptors (Lipinski definition) is 7. The van der Waals surface area contributed by atoms with E-state index in [1.165, 1.54) is 15.0 Å². The van der Waals surface area contributed by atoms with Gasteiger partial charge in [0.25, 0.3) is 0 Å². The van der Waals surface area contributed by atoms with Gasteiger partial charge in [-0.2, -0.15) is 0 Å². The summed E-state index contributed by atoms with van der Waals surface area (Å²) in [6.45, 7) is 11.7. The molecule has 0 saturated carbocycles. The molecule has 0 aliphatic carbocycles. The molecule has 0 N–H and O–H groups in total. The summed E-state index contributed by atoms with van der Waals surface area (Å²) in [5.41, 5.74) is 1.94. The van der Waals surface area contributed by atoms with Gasteiger partial charge in [0.15, 0.2) is 0 Å². The average Bonchev–Trinajstić information content (AvgIpc) is 3.48. The molecule has 3 aromatic rings. The van der Waals surface area contributed by atoms with Crippen molar-refractivity contribution < 1.29 is 28.4 Å². The third-order valence-electron chi connectivity index (χ3n) is 8.53. The second kappa shape index (κ2) is 20.0. The number of ether oxygens (including phenoxy) is 6. The minimum absolute atomic E-state index is 0.316. The lowest BCUT2D eigenvalue weighted by Crippen LogP contribution is -2.58. The van der Waals surface area contributed by atoms with E-state index in [0.717, 1.165) is 62.5 Å². The summed E-state index contributed by atoms with van der Waals surface area (Å²) in [5.74, 6) is 0.683. The highest BCUT2D eigenvalue weighted by Gasteiger charge is 2.49. The number of thiophene rings is 1. The maximum Gasteiger partial charge on any atom is 0.126 e. The fourth-order valence-electron chi connectivity index (χ4n) is 5.87. The second-order valence-corrected chi connectivity index (χ2v) is 13.8. The third kappa shape index (κ3) is 10.1. The molecule has 8 heteroatoms. The summed E-state index contributed by atoms with van der Waals surface area (Å²) in [6.07, 6.45) is 6.99. The van der Waals surface area contributed by atoms with Crippen LogP contribution in [0.1, 0.15) is 101 Å². The van der Waals surface area contributed by atoms with Crippen molar-refractivity contribution in [3.05, 3.63) is 63.5 Å². The summed E-state index contributed by atoms with van der Waals surface area (Å²) in [4.78, 5) is 1.26. The van der Waals surface area contributed by atoms with Crippen LogP contribution in [0.2, 0.25) is 5.02 Å². The van der Waals surface area contributed by atoms with E-state index in [-0.39, 0.29) is 18.3 Å². The molecule has 0 bridgehead atoms. The van der Waals surface area contributed by atoms with Crippen molar-refractivity contribution in [3.63, 3.8) is 0 Å². The molecule has 0 amide bonds. The molecule has 1 aliphatic heterocycles. The van der Waals surface area contributed by atoms with Gasteiger partial charge in [0.05, 0.1) is 13.7 Å². The summed E-state index contributed by atoms with van der Waals surface area (Å²) in [7, 11) is 1.69. The maximum atomic E-state index is 7.04. The number of unbranched alkanes of at least 4 members (excludes halogenated alkanes) is 4. The van der Waals surface area contributed by atoms with E-state index in [2.05, 4.69) is 64.1 Å². The van der Waals surface area contributed by atoms with Gasteiger partial charge in [-0.05, 0) is 60.9 Å². The number of benzene rings is 2. The first-order chi connectivity index (χ1) is 22.5. The van der Waals surface area contributed by atoms with Crippen LogP contribution >= 0.6 is 22.9 Å². The van der Waals surface area contributed by atoms with Crippen molar-refractivity contribution in [2.45, 2.75) is 116 Å². The SMILES string of the molecule is CCCCOC[C@H]1O[C@@H](c2cc(Cc3cc4ccccc4s3)c(Cl)cc2OC)[C@H](OCCCC)[C@@H](OCCCC)[C@@H]1OCCCC. The third-order valence-corrected chi connectivity index (χ3v) is 10.00. The number of rotatable bonds is 21. The monoisotopic (exact) mass is 674 g/mol. The zero-order chi connectivity index (χ0) is 32.7. The number of fused-ring (bicyclic) bond motifs is 1. The normalized spacial score (nSPS) is 21.7. The molecule has 1 fully saturated rings. The summed E-state index contributed by atoms with van der Waals surface area (Å²) < 4.78 is 40.5. The van der Waals surface area contributed by atoms with Crippen molar-refractivity contribution in [1.82, 2.24) is 0 Å². The predicted octanol–water partition coefficient (Wildman–Crippen LogP) is 9.97. The van der Waals surface area contributed by atoms with Crippen LogP contribution in [0.4, 0.5) is 0 Å². The predicted molar refractivity (Wildman–Crippen MR) is 190 cm³/mol. The Morgan fingerprint density at radius 1 is 0.761 bits per heavy atom. The average molecular weight is 675 g/mol. The van der Waals surface area contributed by atoms with Crippen LogP contribution in [-0.4, -0.2) is 64.6 Å². The fourth-order valence-corrected chi connectivity index (χ4v) is 7.18. The number of methoxy groups -OCH3 is 1. The Labute approximate surface area is 286 Å². The van der Waals surface area contributed by atoms with Crippen molar-refractivity contribution >= 4 is 33.0 Å².